The van der Waals surface area contributed by atoms with E-state index in [9.17, 15) is 0 Å². The zero-order chi connectivity index (χ0) is 16.1. The van der Waals surface area contributed by atoms with Crippen LogP contribution in [0.5, 0.6) is 0 Å². The monoisotopic (exact) mass is 308 g/mol. The summed E-state index contributed by atoms with van der Waals surface area (Å²) in [5.41, 5.74) is 5.63. The Balaban J connectivity index is 1.45. The predicted octanol–water partition coefficient (Wildman–Crippen LogP) is 4.06. The molecule has 1 saturated heterocycles. The number of benzene rings is 2. The number of aryl methyl sites for hydroxylation is 3. The molecule has 0 spiro atoms. The number of piperazine rings is 1. The van der Waals surface area contributed by atoms with Gasteiger partial charge in [-0.3, -0.25) is 4.90 Å². The van der Waals surface area contributed by atoms with Gasteiger partial charge in [-0.1, -0.05) is 48.0 Å². The Morgan fingerprint density at radius 1 is 0.870 bits per heavy atom. The van der Waals surface area contributed by atoms with Gasteiger partial charge in [0.05, 0.1) is 0 Å². The zero-order valence-electron chi connectivity index (χ0n) is 14.5. The first-order chi connectivity index (χ1) is 11.2. The van der Waals surface area contributed by atoms with Gasteiger partial charge in [-0.05, 0) is 50.4 Å². The van der Waals surface area contributed by atoms with Crippen LogP contribution in [0.3, 0.4) is 0 Å². The van der Waals surface area contributed by atoms with Crippen LogP contribution in [0.15, 0.2) is 48.5 Å². The van der Waals surface area contributed by atoms with Crippen molar-refractivity contribution in [2.75, 3.05) is 37.6 Å². The maximum atomic E-state index is 2.61. The molecular weight excluding hydrogens is 280 g/mol. The third-order valence-electron chi connectivity index (χ3n) is 4.85. The lowest BCUT2D eigenvalue weighted by Gasteiger charge is -2.37. The topological polar surface area (TPSA) is 6.48 Å². The average molecular weight is 308 g/mol. The van der Waals surface area contributed by atoms with Crippen LogP contribution in [0.1, 0.15) is 23.1 Å². The Hall–Kier alpha value is -1.80. The Bertz CT molecular complexity index is 613. The van der Waals surface area contributed by atoms with Gasteiger partial charge in [0.2, 0.25) is 0 Å². The molecule has 2 aromatic carbocycles. The van der Waals surface area contributed by atoms with Crippen LogP contribution in [0.2, 0.25) is 0 Å². The molecule has 0 bridgehead atoms. The molecule has 0 atom stereocenters. The summed E-state index contributed by atoms with van der Waals surface area (Å²) < 4.78 is 0. The smallest absolute Gasteiger partial charge is 0.0396 e. The minimum atomic E-state index is 1.15. The molecule has 0 aliphatic carbocycles. The molecule has 3 rings (SSSR count). The second-order valence-electron chi connectivity index (χ2n) is 6.71. The highest BCUT2D eigenvalue weighted by Crippen LogP contribution is 2.22. The summed E-state index contributed by atoms with van der Waals surface area (Å²) in [7, 11) is 0. The van der Waals surface area contributed by atoms with Crippen LogP contribution in [-0.2, 0) is 6.42 Å². The number of rotatable bonds is 5. The standard InChI is InChI=1S/C21H28N2/c1-18-10-11-21(19(2)17-18)23-15-13-22(14-16-23)12-6-9-20-7-4-3-5-8-20/h3-5,7-8,10-11,17H,6,9,12-16H2,1-2H3. The normalized spacial score (nSPS) is 15.8. The number of nitrogens with zero attached hydrogens (tertiary/aromatic N) is 2. The molecule has 1 aliphatic rings. The van der Waals surface area contributed by atoms with Crippen LogP contribution in [0.25, 0.3) is 0 Å². The van der Waals surface area contributed by atoms with Gasteiger partial charge in [0.25, 0.3) is 0 Å². The Kier molecular flexibility index (Phi) is 5.35. The van der Waals surface area contributed by atoms with Crippen molar-refractivity contribution in [2.24, 2.45) is 0 Å². The molecule has 2 nitrogen and oxygen atoms in total. The van der Waals surface area contributed by atoms with E-state index >= 15 is 0 Å². The van der Waals surface area contributed by atoms with E-state index < -0.39 is 0 Å². The molecule has 0 saturated carbocycles. The fourth-order valence-corrected chi connectivity index (χ4v) is 3.52. The summed E-state index contributed by atoms with van der Waals surface area (Å²) in [4.78, 5) is 5.16. The first-order valence-corrected chi connectivity index (χ1v) is 8.81. The molecule has 1 heterocycles. The lowest BCUT2D eigenvalue weighted by Crippen LogP contribution is -2.46. The van der Waals surface area contributed by atoms with Crippen LogP contribution < -0.4 is 4.90 Å². The van der Waals surface area contributed by atoms with Crippen LogP contribution in [0.4, 0.5) is 5.69 Å². The fourth-order valence-electron chi connectivity index (χ4n) is 3.52. The molecule has 0 N–H and O–H groups in total. The molecule has 0 aromatic heterocycles. The van der Waals surface area contributed by atoms with Crippen molar-refractivity contribution in [1.29, 1.82) is 0 Å². The second-order valence-corrected chi connectivity index (χ2v) is 6.71. The lowest BCUT2D eigenvalue weighted by molar-refractivity contribution is 0.255. The summed E-state index contributed by atoms with van der Waals surface area (Å²) in [6, 6.07) is 17.6. The molecule has 23 heavy (non-hydrogen) atoms. The van der Waals surface area contributed by atoms with E-state index in [4.69, 9.17) is 0 Å². The van der Waals surface area contributed by atoms with Gasteiger partial charge in [0.15, 0.2) is 0 Å². The highest BCUT2D eigenvalue weighted by Gasteiger charge is 2.17. The van der Waals surface area contributed by atoms with E-state index in [0.29, 0.717) is 0 Å². The summed E-state index contributed by atoms with van der Waals surface area (Å²) in [6.07, 6.45) is 2.45. The molecule has 0 unspecified atom stereocenters. The van der Waals surface area contributed by atoms with Crippen molar-refractivity contribution in [2.45, 2.75) is 26.7 Å². The first kappa shape index (κ1) is 16.1. The van der Waals surface area contributed by atoms with E-state index in [1.807, 2.05) is 0 Å². The van der Waals surface area contributed by atoms with Gasteiger partial charge in [0, 0.05) is 31.9 Å². The molecule has 2 aromatic rings. The summed E-state index contributed by atoms with van der Waals surface area (Å²) in [6.45, 7) is 10.3. The minimum Gasteiger partial charge on any atom is -0.369 e. The maximum absolute atomic E-state index is 2.61. The van der Waals surface area contributed by atoms with E-state index in [2.05, 4.69) is 72.2 Å². The van der Waals surface area contributed by atoms with Crippen LogP contribution >= 0.6 is 0 Å². The van der Waals surface area contributed by atoms with E-state index in [1.165, 1.54) is 54.9 Å². The highest BCUT2D eigenvalue weighted by atomic mass is 15.3. The van der Waals surface area contributed by atoms with E-state index in [-0.39, 0.29) is 0 Å². The molecule has 0 amide bonds. The van der Waals surface area contributed by atoms with E-state index in [0.717, 1.165) is 13.1 Å². The van der Waals surface area contributed by atoms with Gasteiger partial charge in [-0.15, -0.1) is 0 Å². The summed E-state index contributed by atoms with van der Waals surface area (Å²) in [5, 5.41) is 0. The maximum Gasteiger partial charge on any atom is 0.0396 e. The predicted molar refractivity (Wildman–Crippen MR) is 99.3 cm³/mol. The van der Waals surface area contributed by atoms with Gasteiger partial charge in [-0.2, -0.15) is 0 Å². The number of hydrogen-bond acceptors (Lipinski definition) is 2. The van der Waals surface area contributed by atoms with Crippen molar-refractivity contribution in [1.82, 2.24) is 4.90 Å². The molecule has 1 fully saturated rings. The summed E-state index contributed by atoms with van der Waals surface area (Å²) >= 11 is 0. The Morgan fingerprint density at radius 3 is 2.30 bits per heavy atom. The van der Waals surface area contributed by atoms with Gasteiger partial charge < -0.3 is 4.90 Å². The average Bonchev–Trinajstić information content (AvgIpc) is 2.57. The second kappa shape index (κ2) is 7.65. The lowest BCUT2D eigenvalue weighted by atomic mass is 10.1. The highest BCUT2D eigenvalue weighted by molar-refractivity contribution is 5.54. The Morgan fingerprint density at radius 2 is 1.61 bits per heavy atom. The fraction of sp³-hybridized carbons (Fsp3) is 0.429. The largest absolute Gasteiger partial charge is 0.369 e. The van der Waals surface area contributed by atoms with Crippen molar-refractivity contribution in [3.05, 3.63) is 65.2 Å². The van der Waals surface area contributed by atoms with Crippen molar-refractivity contribution in [3.63, 3.8) is 0 Å². The molecular formula is C21H28N2. The summed E-state index contributed by atoms with van der Waals surface area (Å²) in [5.74, 6) is 0. The SMILES string of the molecule is Cc1ccc(N2CCN(CCCc3ccccc3)CC2)c(C)c1. The van der Waals surface area contributed by atoms with E-state index in [1.54, 1.807) is 0 Å². The van der Waals surface area contributed by atoms with Crippen molar-refractivity contribution in [3.8, 4) is 0 Å². The molecule has 0 radical (unpaired) electrons. The minimum absolute atomic E-state index is 1.15. The zero-order valence-corrected chi connectivity index (χ0v) is 14.5. The third-order valence-corrected chi connectivity index (χ3v) is 4.85. The van der Waals surface area contributed by atoms with Gasteiger partial charge in [0.1, 0.15) is 0 Å². The number of anilines is 1. The molecule has 1 aliphatic heterocycles. The Labute approximate surface area is 140 Å². The third kappa shape index (κ3) is 4.35. The first-order valence-electron chi connectivity index (χ1n) is 8.81. The number of hydrogen-bond donors (Lipinski definition) is 0. The van der Waals surface area contributed by atoms with Crippen molar-refractivity contribution >= 4 is 5.69 Å². The van der Waals surface area contributed by atoms with Crippen molar-refractivity contribution < 1.29 is 0 Å². The van der Waals surface area contributed by atoms with Crippen LogP contribution in [-0.4, -0.2) is 37.6 Å². The van der Waals surface area contributed by atoms with Gasteiger partial charge in [-0.25, -0.2) is 0 Å². The quantitative estimate of drug-likeness (QED) is 0.822. The van der Waals surface area contributed by atoms with Gasteiger partial charge >= 0.3 is 0 Å². The molecule has 122 valence electrons. The molecule has 2 heteroatoms. The van der Waals surface area contributed by atoms with Crippen LogP contribution in [0, 0.1) is 13.8 Å².